The van der Waals surface area contributed by atoms with Crippen molar-refractivity contribution < 1.29 is 14.6 Å². The van der Waals surface area contributed by atoms with Crippen LogP contribution in [0.4, 0.5) is 0 Å². The van der Waals surface area contributed by atoms with Crippen LogP contribution >= 0.6 is 22.7 Å². The van der Waals surface area contributed by atoms with Crippen LogP contribution in [0.25, 0.3) is 0 Å². The highest BCUT2D eigenvalue weighted by Gasteiger charge is 2.15. The van der Waals surface area contributed by atoms with E-state index in [2.05, 4.69) is 0 Å². The lowest BCUT2D eigenvalue weighted by Gasteiger charge is -2.04. The van der Waals surface area contributed by atoms with Gasteiger partial charge in [-0.25, -0.2) is 0 Å². The molecule has 0 aliphatic rings. The molecule has 0 atom stereocenters. The second-order valence-corrected chi connectivity index (χ2v) is 5.28. The zero-order valence-electron chi connectivity index (χ0n) is 8.97. The van der Waals surface area contributed by atoms with E-state index >= 15 is 0 Å². The summed E-state index contributed by atoms with van der Waals surface area (Å²) in [4.78, 5) is 1.75. The number of methoxy groups -OCH3 is 2. The average Bonchev–Trinajstić information content (AvgIpc) is 2.97. The van der Waals surface area contributed by atoms with E-state index in [1.807, 2.05) is 24.3 Å². The largest absolute Gasteiger partial charge is 0.487 e. The molecule has 16 heavy (non-hydrogen) atoms. The van der Waals surface area contributed by atoms with E-state index in [-0.39, 0.29) is 0 Å². The topological polar surface area (TPSA) is 38.7 Å². The summed E-state index contributed by atoms with van der Waals surface area (Å²) in [5.41, 5.74) is 0. The molecule has 0 saturated carbocycles. The van der Waals surface area contributed by atoms with Gasteiger partial charge in [0, 0.05) is 9.75 Å². The summed E-state index contributed by atoms with van der Waals surface area (Å²) in [5.74, 6) is 0. The van der Waals surface area contributed by atoms with Gasteiger partial charge in [0.1, 0.15) is 6.10 Å². The van der Waals surface area contributed by atoms with Gasteiger partial charge in [0.05, 0.1) is 14.2 Å². The normalized spacial score (nSPS) is 10.8. The maximum absolute atomic E-state index is 10.1. The van der Waals surface area contributed by atoms with Crippen LogP contribution < -0.4 is 9.47 Å². The Bertz CT molecular complexity index is 419. The maximum Gasteiger partial charge on any atom is 0.173 e. The van der Waals surface area contributed by atoms with E-state index in [1.165, 1.54) is 22.7 Å². The zero-order chi connectivity index (χ0) is 11.5. The predicted molar refractivity (Wildman–Crippen MR) is 65.8 cm³/mol. The molecule has 0 amide bonds. The molecule has 0 saturated heterocycles. The molecule has 2 aromatic heterocycles. The summed E-state index contributed by atoms with van der Waals surface area (Å²) in [6, 6.07) is 7.46. The monoisotopic (exact) mass is 256 g/mol. The molecule has 2 rings (SSSR count). The molecule has 0 bridgehead atoms. The highest BCUT2D eigenvalue weighted by Crippen LogP contribution is 2.37. The highest BCUT2D eigenvalue weighted by molar-refractivity contribution is 7.15. The van der Waals surface area contributed by atoms with Crippen molar-refractivity contribution in [3.05, 3.63) is 34.0 Å². The van der Waals surface area contributed by atoms with Crippen LogP contribution in [0.3, 0.4) is 0 Å². The molecule has 86 valence electrons. The number of aliphatic hydroxyl groups excluding tert-OH is 1. The first-order chi connectivity index (χ1) is 7.74. The van der Waals surface area contributed by atoms with Gasteiger partial charge in [0.2, 0.25) is 0 Å². The molecule has 0 fully saturated rings. The molecule has 0 aliphatic carbocycles. The summed E-state index contributed by atoms with van der Waals surface area (Å²) in [6.45, 7) is 0. The lowest BCUT2D eigenvalue weighted by atomic mass is 10.2. The first-order valence-electron chi connectivity index (χ1n) is 4.70. The second kappa shape index (κ2) is 4.86. The van der Waals surface area contributed by atoms with Crippen LogP contribution in [0.5, 0.6) is 10.1 Å². The first-order valence-corrected chi connectivity index (χ1v) is 6.33. The van der Waals surface area contributed by atoms with Gasteiger partial charge in [-0.15, -0.1) is 22.7 Å². The number of thiophene rings is 2. The number of ether oxygens (including phenoxy) is 2. The van der Waals surface area contributed by atoms with E-state index in [1.54, 1.807) is 14.2 Å². The second-order valence-electron chi connectivity index (χ2n) is 3.12. The molecule has 3 nitrogen and oxygen atoms in total. The first kappa shape index (κ1) is 11.4. The van der Waals surface area contributed by atoms with Crippen molar-refractivity contribution >= 4 is 22.7 Å². The van der Waals surface area contributed by atoms with Crippen molar-refractivity contribution in [1.29, 1.82) is 0 Å². The van der Waals surface area contributed by atoms with Gasteiger partial charge in [-0.05, 0) is 24.3 Å². The predicted octanol–water partition coefficient (Wildman–Crippen LogP) is 2.91. The van der Waals surface area contributed by atoms with Crippen molar-refractivity contribution in [2.75, 3.05) is 14.2 Å². The van der Waals surface area contributed by atoms with Crippen molar-refractivity contribution in [2.24, 2.45) is 0 Å². The van der Waals surface area contributed by atoms with Crippen molar-refractivity contribution in [3.63, 3.8) is 0 Å². The van der Waals surface area contributed by atoms with Gasteiger partial charge in [-0.1, -0.05) is 0 Å². The Morgan fingerprint density at radius 3 is 1.69 bits per heavy atom. The fraction of sp³-hybridized carbons (Fsp3) is 0.273. The molecular formula is C11H12O3S2. The average molecular weight is 256 g/mol. The molecule has 1 N–H and O–H groups in total. The molecule has 0 aromatic carbocycles. The lowest BCUT2D eigenvalue weighted by molar-refractivity contribution is 0.228. The minimum absolute atomic E-state index is 0.595. The van der Waals surface area contributed by atoms with Gasteiger partial charge in [-0.2, -0.15) is 0 Å². The minimum atomic E-state index is -0.595. The third kappa shape index (κ3) is 2.21. The third-order valence-electron chi connectivity index (χ3n) is 2.15. The van der Waals surface area contributed by atoms with E-state index in [9.17, 15) is 5.11 Å². The Labute approximate surface area is 102 Å². The summed E-state index contributed by atoms with van der Waals surface area (Å²) in [6.07, 6.45) is -0.595. The number of hydrogen-bond acceptors (Lipinski definition) is 5. The summed E-state index contributed by atoms with van der Waals surface area (Å²) in [5, 5.41) is 11.7. The fourth-order valence-corrected chi connectivity index (χ4v) is 3.05. The van der Waals surface area contributed by atoms with Crippen LogP contribution in [0.15, 0.2) is 24.3 Å². The van der Waals surface area contributed by atoms with Gasteiger partial charge in [0.15, 0.2) is 10.1 Å². The Morgan fingerprint density at radius 2 is 1.38 bits per heavy atom. The lowest BCUT2D eigenvalue weighted by Crippen LogP contribution is -1.92. The van der Waals surface area contributed by atoms with Crippen molar-refractivity contribution in [3.8, 4) is 10.1 Å². The van der Waals surface area contributed by atoms with Crippen LogP contribution in [0, 0.1) is 0 Å². The Morgan fingerprint density at radius 1 is 0.938 bits per heavy atom. The van der Waals surface area contributed by atoms with E-state index < -0.39 is 6.10 Å². The van der Waals surface area contributed by atoms with E-state index in [0.29, 0.717) is 0 Å². The Hall–Kier alpha value is -1.04. The molecule has 0 radical (unpaired) electrons. The number of rotatable bonds is 4. The molecule has 2 heterocycles. The Balaban J connectivity index is 2.20. The minimum Gasteiger partial charge on any atom is -0.487 e. The van der Waals surface area contributed by atoms with Gasteiger partial charge < -0.3 is 14.6 Å². The molecule has 0 spiro atoms. The van der Waals surface area contributed by atoms with Gasteiger partial charge in [0.25, 0.3) is 0 Å². The van der Waals surface area contributed by atoms with Crippen LogP contribution in [-0.2, 0) is 0 Å². The smallest absolute Gasteiger partial charge is 0.173 e. The van der Waals surface area contributed by atoms with Crippen LogP contribution in [-0.4, -0.2) is 19.3 Å². The van der Waals surface area contributed by atoms with Crippen molar-refractivity contribution in [2.45, 2.75) is 6.10 Å². The Kier molecular flexibility index (Phi) is 3.48. The highest BCUT2D eigenvalue weighted by atomic mass is 32.1. The summed E-state index contributed by atoms with van der Waals surface area (Å²) >= 11 is 2.89. The van der Waals surface area contributed by atoms with Gasteiger partial charge in [-0.3, -0.25) is 0 Å². The third-order valence-corrected chi connectivity index (χ3v) is 4.34. The molecule has 2 aromatic rings. The molecule has 0 unspecified atom stereocenters. The van der Waals surface area contributed by atoms with Crippen LogP contribution in [0.2, 0.25) is 0 Å². The molecule has 0 aliphatic heterocycles. The van der Waals surface area contributed by atoms with Crippen molar-refractivity contribution in [1.82, 2.24) is 0 Å². The fourth-order valence-electron chi connectivity index (χ4n) is 1.32. The van der Waals surface area contributed by atoms with Crippen LogP contribution in [0.1, 0.15) is 15.9 Å². The molecular weight excluding hydrogens is 244 g/mol. The van der Waals surface area contributed by atoms with E-state index in [4.69, 9.17) is 9.47 Å². The summed E-state index contributed by atoms with van der Waals surface area (Å²) < 4.78 is 10.2. The quantitative estimate of drug-likeness (QED) is 0.914. The summed E-state index contributed by atoms with van der Waals surface area (Å²) in [7, 11) is 3.24. The maximum atomic E-state index is 10.1. The zero-order valence-corrected chi connectivity index (χ0v) is 10.6. The SMILES string of the molecule is COc1ccc(C(O)c2ccc(OC)s2)s1. The number of hydrogen-bond donors (Lipinski definition) is 1. The van der Waals surface area contributed by atoms with E-state index in [0.717, 1.165) is 19.9 Å². The molecule has 5 heteroatoms. The standard InChI is InChI=1S/C11H12O3S2/c1-13-9-5-3-7(15-9)11(12)8-4-6-10(14-2)16-8/h3-6,11-12H,1-2H3. The van der Waals surface area contributed by atoms with Gasteiger partial charge >= 0.3 is 0 Å². The number of aliphatic hydroxyl groups is 1.